The molecule has 1 N–H and O–H groups in total. The Bertz CT molecular complexity index is 363. The average molecular weight is 252 g/mol. The molecular weight excluding hydrogens is 232 g/mol. The maximum Gasteiger partial charge on any atom is 0.341 e. The maximum absolute atomic E-state index is 11.5. The molecule has 18 heavy (non-hydrogen) atoms. The first-order valence-electron chi connectivity index (χ1n) is 6.20. The summed E-state index contributed by atoms with van der Waals surface area (Å²) in [5.41, 5.74) is 0.454. The second-order valence-corrected chi connectivity index (χ2v) is 3.97. The van der Waals surface area contributed by atoms with Gasteiger partial charge in [0, 0.05) is 6.61 Å². The van der Waals surface area contributed by atoms with Gasteiger partial charge in [-0.3, -0.25) is 0 Å². The number of aliphatic hydroxyl groups is 1. The fraction of sp³-hybridized carbons (Fsp3) is 0.500. The molecule has 0 saturated carbocycles. The highest BCUT2D eigenvalue weighted by atomic mass is 16.5. The highest BCUT2D eigenvalue weighted by Gasteiger charge is 2.11. The first-order valence-corrected chi connectivity index (χ1v) is 6.20. The topological polar surface area (TPSA) is 55.8 Å². The normalized spacial score (nSPS) is 10.1. The molecule has 0 amide bonds. The van der Waals surface area contributed by atoms with E-state index < -0.39 is 0 Å². The lowest BCUT2D eigenvalue weighted by molar-refractivity contribution is 0.0596. The molecule has 0 fully saturated rings. The lowest BCUT2D eigenvalue weighted by Crippen LogP contribution is -2.06. The number of carbonyl (C=O) groups excluding carboxylic acids is 1. The number of benzene rings is 1. The van der Waals surface area contributed by atoms with Gasteiger partial charge >= 0.3 is 5.97 Å². The summed E-state index contributed by atoms with van der Waals surface area (Å²) in [6, 6.07) is 7.06. The SMILES string of the molecule is COC(=O)c1ccccc1OCCCCCCO. The minimum absolute atomic E-state index is 0.242. The van der Waals surface area contributed by atoms with Crippen LogP contribution in [0.15, 0.2) is 24.3 Å². The minimum Gasteiger partial charge on any atom is -0.493 e. The molecule has 0 radical (unpaired) electrons. The molecule has 0 aromatic heterocycles. The van der Waals surface area contributed by atoms with Gasteiger partial charge in [-0.1, -0.05) is 18.6 Å². The minimum atomic E-state index is -0.383. The van der Waals surface area contributed by atoms with Crippen LogP contribution in [-0.4, -0.2) is 31.4 Å². The number of para-hydroxylation sites is 1. The van der Waals surface area contributed by atoms with E-state index in [0.717, 1.165) is 25.7 Å². The monoisotopic (exact) mass is 252 g/mol. The van der Waals surface area contributed by atoms with Crippen molar-refractivity contribution in [3.8, 4) is 5.75 Å². The highest BCUT2D eigenvalue weighted by molar-refractivity contribution is 5.92. The van der Waals surface area contributed by atoms with Crippen LogP contribution in [0.2, 0.25) is 0 Å². The number of rotatable bonds is 8. The van der Waals surface area contributed by atoms with Crippen molar-refractivity contribution in [1.29, 1.82) is 0 Å². The first-order chi connectivity index (χ1) is 8.79. The van der Waals surface area contributed by atoms with Gasteiger partial charge in [-0.15, -0.1) is 0 Å². The van der Waals surface area contributed by atoms with Crippen LogP contribution in [0, 0.1) is 0 Å². The van der Waals surface area contributed by atoms with Crippen molar-refractivity contribution in [1.82, 2.24) is 0 Å². The lowest BCUT2D eigenvalue weighted by atomic mass is 10.2. The van der Waals surface area contributed by atoms with Crippen LogP contribution in [0.5, 0.6) is 5.75 Å². The standard InChI is InChI=1S/C14H20O4/c1-17-14(16)12-8-4-5-9-13(12)18-11-7-3-2-6-10-15/h4-5,8-9,15H,2-3,6-7,10-11H2,1H3. The predicted octanol–water partition coefficient (Wildman–Crippen LogP) is 2.40. The van der Waals surface area contributed by atoms with Gasteiger partial charge in [0.1, 0.15) is 11.3 Å². The molecule has 0 saturated heterocycles. The number of esters is 1. The van der Waals surface area contributed by atoms with Crippen molar-refractivity contribution in [2.24, 2.45) is 0 Å². The van der Waals surface area contributed by atoms with Crippen LogP contribution in [0.25, 0.3) is 0 Å². The van der Waals surface area contributed by atoms with E-state index in [-0.39, 0.29) is 12.6 Å². The number of aliphatic hydroxyl groups excluding tert-OH is 1. The fourth-order valence-corrected chi connectivity index (χ4v) is 1.62. The molecule has 100 valence electrons. The van der Waals surface area contributed by atoms with Gasteiger partial charge in [0.25, 0.3) is 0 Å². The molecule has 0 aliphatic carbocycles. The molecule has 1 aromatic rings. The molecular formula is C14H20O4. The number of methoxy groups -OCH3 is 1. The summed E-state index contributed by atoms with van der Waals surface area (Å²) >= 11 is 0. The molecule has 0 spiro atoms. The van der Waals surface area contributed by atoms with E-state index >= 15 is 0 Å². The summed E-state index contributed by atoms with van der Waals surface area (Å²) in [4.78, 5) is 11.5. The number of hydrogen-bond donors (Lipinski definition) is 1. The Kier molecular flexibility index (Phi) is 6.87. The maximum atomic E-state index is 11.5. The molecule has 0 bridgehead atoms. The molecule has 0 unspecified atom stereocenters. The Morgan fingerprint density at radius 2 is 1.89 bits per heavy atom. The van der Waals surface area contributed by atoms with Gasteiger partial charge in [-0.2, -0.15) is 0 Å². The summed E-state index contributed by atoms with van der Waals surface area (Å²) in [5, 5.41) is 8.64. The fourth-order valence-electron chi connectivity index (χ4n) is 1.62. The third-order valence-electron chi connectivity index (χ3n) is 2.60. The first kappa shape index (κ1) is 14.5. The Morgan fingerprint density at radius 3 is 2.61 bits per heavy atom. The van der Waals surface area contributed by atoms with Crippen molar-refractivity contribution in [2.75, 3.05) is 20.3 Å². The quantitative estimate of drug-likeness (QED) is 0.570. The van der Waals surface area contributed by atoms with E-state index in [4.69, 9.17) is 9.84 Å². The number of ether oxygens (including phenoxy) is 2. The van der Waals surface area contributed by atoms with E-state index in [0.29, 0.717) is 17.9 Å². The molecule has 1 aromatic carbocycles. The van der Waals surface area contributed by atoms with Crippen LogP contribution in [0.4, 0.5) is 0 Å². The van der Waals surface area contributed by atoms with Crippen LogP contribution in [-0.2, 0) is 4.74 Å². The Balaban J connectivity index is 2.39. The zero-order valence-corrected chi connectivity index (χ0v) is 10.7. The van der Waals surface area contributed by atoms with Crippen LogP contribution >= 0.6 is 0 Å². The zero-order valence-electron chi connectivity index (χ0n) is 10.7. The van der Waals surface area contributed by atoms with Crippen molar-refractivity contribution in [2.45, 2.75) is 25.7 Å². The van der Waals surface area contributed by atoms with Gasteiger partial charge < -0.3 is 14.6 Å². The van der Waals surface area contributed by atoms with E-state index in [1.54, 1.807) is 18.2 Å². The van der Waals surface area contributed by atoms with Crippen molar-refractivity contribution >= 4 is 5.97 Å². The second-order valence-electron chi connectivity index (χ2n) is 3.97. The summed E-state index contributed by atoms with van der Waals surface area (Å²) in [5.74, 6) is 0.178. The molecule has 0 heterocycles. The highest BCUT2D eigenvalue weighted by Crippen LogP contribution is 2.19. The predicted molar refractivity (Wildman–Crippen MR) is 68.8 cm³/mol. The van der Waals surface area contributed by atoms with E-state index in [1.165, 1.54) is 7.11 Å². The van der Waals surface area contributed by atoms with Gasteiger partial charge in [0.2, 0.25) is 0 Å². The molecule has 4 heteroatoms. The number of carbonyl (C=O) groups is 1. The molecule has 4 nitrogen and oxygen atoms in total. The van der Waals surface area contributed by atoms with Crippen LogP contribution in [0.1, 0.15) is 36.0 Å². The van der Waals surface area contributed by atoms with Crippen molar-refractivity contribution in [3.05, 3.63) is 29.8 Å². The largest absolute Gasteiger partial charge is 0.493 e. The molecule has 0 aliphatic rings. The Hall–Kier alpha value is -1.55. The Labute approximate surface area is 108 Å². The summed E-state index contributed by atoms with van der Waals surface area (Å²) < 4.78 is 10.3. The smallest absolute Gasteiger partial charge is 0.341 e. The summed E-state index contributed by atoms with van der Waals surface area (Å²) in [7, 11) is 1.36. The van der Waals surface area contributed by atoms with E-state index in [9.17, 15) is 4.79 Å². The summed E-state index contributed by atoms with van der Waals surface area (Å²) in [6.07, 6.45) is 3.76. The van der Waals surface area contributed by atoms with Gasteiger partial charge in [-0.05, 0) is 31.4 Å². The number of hydrogen-bond acceptors (Lipinski definition) is 4. The van der Waals surface area contributed by atoms with Crippen molar-refractivity contribution < 1.29 is 19.4 Å². The zero-order chi connectivity index (χ0) is 13.2. The van der Waals surface area contributed by atoms with Crippen LogP contribution < -0.4 is 4.74 Å². The second kappa shape index (κ2) is 8.53. The average Bonchev–Trinajstić information content (AvgIpc) is 2.42. The van der Waals surface area contributed by atoms with E-state index in [2.05, 4.69) is 4.74 Å². The van der Waals surface area contributed by atoms with Crippen molar-refractivity contribution in [3.63, 3.8) is 0 Å². The lowest BCUT2D eigenvalue weighted by Gasteiger charge is -2.09. The third kappa shape index (κ3) is 4.75. The van der Waals surface area contributed by atoms with Crippen LogP contribution in [0.3, 0.4) is 0 Å². The van der Waals surface area contributed by atoms with Gasteiger partial charge in [-0.25, -0.2) is 4.79 Å². The number of unbranched alkanes of at least 4 members (excludes halogenated alkanes) is 3. The molecule has 0 aliphatic heterocycles. The molecule has 1 rings (SSSR count). The van der Waals surface area contributed by atoms with Gasteiger partial charge in [0.05, 0.1) is 13.7 Å². The molecule has 0 atom stereocenters. The third-order valence-corrected chi connectivity index (χ3v) is 2.60. The van der Waals surface area contributed by atoms with E-state index in [1.807, 2.05) is 6.07 Å². The van der Waals surface area contributed by atoms with Gasteiger partial charge in [0.15, 0.2) is 0 Å². The summed E-state index contributed by atoms with van der Waals surface area (Å²) in [6.45, 7) is 0.811. The Morgan fingerprint density at radius 1 is 1.17 bits per heavy atom.